The summed E-state index contributed by atoms with van der Waals surface area (Å²) in [4.78, 5) is 3.44. The van der Waals surface area contributed by atoms with Crippen molar-refractivity contribution in [3.63, 3.8) is 0 Å². The van der Waals surface area contributed by atoms with E-state index >= 15 is 0 Å². The number of likely N-dealkylation sites (tertiary alicyclic amines) is 1. The fourth-order valence-corrected chi connectivity index (χ4v) is 3.76. The van der Waals surface area contributed by atoms with Crippen LogP contribution in [0.15, 0.2) is 16.3 Å². The van der Waals surface area contributed by atoms with Crippen LogP contribution in [-0.2, 0) is 16.6 Å². The average Bonchev–Trinajstić information content (AvgIpc) is 2.67. The highest BCUT2D eigenvalue weighted by molar-refractivity contribution is 7.91. The molecule has 0 aliphatic carbocycles. The van der Waals surface area contributed by atoms with Crippen molar-refractivity contribution in [1.82, 2.24) is 4.90 Å². The highest BCUT2D eigenvalue weighted by Gasteiger charge is 2.14. The first-order chi connectivity index (χ1) is 7.55. The van der Waals surface area contributed by atoms with Crippen molar-refractivity contribution in [1.29, 1.82) is 0 Å². The van der Waals surface area contributed by atoms with E-state index in [9.17, 15) is 8.42 Å². The molecule has 1 aromatic heterocycles. The van der Waals surface area contributed by atoms with Gasteiger partial charge in [0.1, 0.15) is 4.21 Å². The SMILES string of the molecule is NS(=O)(=O)c1ccc(CN2CCCCC2)s1. The summed E-state index contributed by atoms with van der Waals surface area (Å²) in [5, 5.41) is 5.07. The van der Waals surface area contributed by atoms with E-state index in [2.05, 4.69) is 4.90 Å². The third-order valence-electron chi connectivity index (χ3n) is 2.75. The maximum Gasteiger partial charge on any atom is 0.247 e. The van der Waals surface area contributed by atoms with Crippen LogP contribution in [0.4, 0.5) is 0 Å². The second-order valence-electron chi connectivity index (χ2n) is 4.10. The molecule has 0 aromatic carbocycles. The lowest BCUT2D eigenvalue weighted by molar-refractivity contribution is 0.222. The van der Waals surface area contributed by atoms with Crippen LogP contribution in [0.2, 0.25) is 0 Å². The molecule has 0 bridgehead atoms. The number of nitrogens with zero attached hydrogens (tertiary/aromatic N) is 1. The second-order valence-corrected chi connectivity index (χ2v) is 7.06. The van der Waals surface area contributed by atoms with Crippen molar-refractivity contribution in [3.05, 3.63) is 17.0 Å². The third kappa shape index (κ3) is 3.04. The molecule has 1 fully saturated rings. The number of sulfonamides is 1. The predicted octanol–water partition coefficient (Wildman–Crippen LogP) is 1.38. The maximum absolute atomic E-state index is 11.1. The van der Waals surface area contributed by atoms with E-state index < -0.39 is 10.0 Å². The van der Waals surface area contributed by atoms with Gasteiger partial charge in [0, 0.05) is 11.4 Å². The molecular weight excluding hydrogens is 244 g/mol. The highest BCUT2D eigenvalue weighted by Crippen LogP contribution is 2.22. The smallest absolute Gasteiger partial charge is 0.247 e. The monoisotopic (exact) mass is 260 g/mol. The van der Waals surface area contributed by atoms with Gasteiger partial charge in [0.25, 0.3) is 0 Å². The zero-order chi connectivity index (χ0) is 11.6. The number of primary sulfonamides is 1. The second kappa shape index (κ2) is 4.83. The Balaban J connectivity index is 2.02. The number of rotatable bonds is 3. The molecule has 2 N–H and O–H groups in total. The number of thiophene rings is 1. The van der Waals surface area contributed by atoms with E-state index in [-0.39, 0.29) is 4.21 Å². The van der Waals surface area contributed by atoms with Crippen LogP contribution in [0.3, 0.4) is 0 Å². The Bertz CT molecular complexity index is 447. The lowest BCUT2D eigenvalue weighted by atomic mass is 10.1. The van der Waals surface area contributed by atoms with Crippen LogP contribution in [-0.4, -0.2) is 26.4 Å². The minimum absolute atomic E-state index is 0.263. The Hall–Kier alpha value is -0.430. The van der Waals surface area contributed by atoms with Crippen LogP contribution in [0.1, 0.15) is 24.1 Å². The minimum Gasteiger partial charge on any atom is -0.298 e. The van der Waals surface area contributed by atoms with Crippen LogP contribution in [0, 0.1) is 0 Å². The van der Waals surface area contributed by atoms with Crippen LogP contribution < -0.4 is 5.14 Å². The third-order valence-corrected chi connectivity index (χ3v) is 5.25. The number of nitrogens with two attached hydrogens (primary N) is 1. The van der Waals surface area contributed by atoms with Gasteiger partial charge in [0.15, 0.2) is 0 Å². The van der Waals surface area contributed by atoms with Crippen molar-refractivity contribution in [2.24, 2.45) is 5.14 Å². The van der Waals surface area contributed by atoms with Gasteiger partial charge in [-0.3, -0.25) is 4.90 Å². The summed E-state index contributed by atoms with van der Waals surface area (Å²) in [7, 11) is -3.52. The molecule has 90 valence electrons. The standard InChI is InChI=1S/C10H16N2O2S2/c11-16(13,14)10-5-4-9(15-10)8-12-6-2-1-3-7-12/h4-5H,1-3,6-8H2,(H2,11,13,14). The van der Waals surface area contributed by atoms with Crippen LogP contribution in [0.5, 0.6) is 0 Å². The molecule has 1 aliphatic heterocycles. The van der Waals surface area contributed by atoms with E-state index in [0.717, 1.165) is 24.5 Å². The molecule has 0 unspecified atom stereocenters. The molecular formula is C10H16N2O2S2. The van der Waals surface area contributed by atoms with Gasteiger partial charge in [-0.2, -0.15) is 0 Å². The van der Waals surface area contributed by atoms with Gasteiger partial charge < -0.3 is 0 Å². The molecule has 0 amide bonds. The first-order valence-electron chi connectivity index (χ1n) is 5.39. The average molecular weight is 260 g/mol. The summed E-state index contributed by atoms with van der Waals surface area (Å²) in [6.07, 6.45) is 3.80. The fourth-order valence-electron chi connectivity index (χ4n) is 1.93. The van der Waals surface area contributed by atoms with Gasteiger partial charge in [-0.05, 0) is 38.1 Å². The van der Waals surface area contributed by atoms with E-state index in [1.165, 1.54) is 30.6 Å². The summed E-state index contributed by atoms with van der Waals surface area (Å²) in [6, 6.07) is 3.46. The first kappa shape index (κ1) is 12.0. The maximum atomic E-state index is 11.1. The molecule has 1 aliphatic rings. The first-order valence-corrected chi connectivity index (χ1v) is 7.76. The summed E-state index contributed by atoms with van der Waals surface area (Å²) < 4.78 is 22.5. The van der Waals surface area contributed by atoms with Gasteiger partial charge in [-0.15, -0.1) is 11.3 Å². The Morgan fingerprint density at radius 1 is 1.25 bits per heavy atom. The van der Waals surface area contributed by atoms with E-state index in [4.69, 9.17) is 5.14 Å². The van der Waals surface area contributed by atoms with Crippen LogP contribution >= 0.6 is 11.3 Å². The molecule has 4 nitrogen and oxygen atoms in total. The Labute approximate surface area is 100 Å². The molecule has 2 rings (SSSR count). The summed E-state index contributed by atoms with van der Waals surface area (Å²) in [5.41, 5.74) is 0. The Morgan fingerprint density at radius 2 is 1.94 bits per heavy atom. The number of hydrogen-bond donors (Lipinski definition) is 1. The Morgan fingerprint density at radius 3 is 2.50 bits per heavy atom. The van der Waals surface area contributed by atoms with Gasteiger partial charge >= 0.3 is 0 Å². The van der Waals surface area contributed by atoms with Crippen LogP contribution in [0.25, 0.3) is 0 Å². The lowest BCUT2D eigenvalue weighted by Crippen LogP contribution is -2.28. The molecule has 1 saturated heterocycles. The molecule has 1 aromatic rings. The molecule has 0 spiro atoms. The van der Waals surface area contributed by atoms with E-state index in [1.54, 1.807) is 6.07 Å². The Kier molecular flexibility index (Phi) is 3.63. The van der Waals surface area contributed by atoms with E-state index in [0.29, 0.717) is 0 Å². The van der Waals surface area contributed by atoms with Gasteiger partial charge in [-0.25, -0.2) is 13.6 Å². The lowest BCUT2D eigenvalue weighted by Gasteiger charge is -2.25. The molecule has 2 heterocycles. The van der Waals surface area contributed by atoms with Gasteiger partial charge in [0.2, 0.25) is 10.0 Å². The number of hydrogen-bond acceptors (Lipinski definition) is 4. The van der Waals surface area contributed by atoms with Gasteiger partial charge in [-0.1, -0.05) is 6.42 Å². The highest BCUT2D eigenvalue weighted by atomic mass is 32.2. The summed E-state index contributed by atoms with van der Waals surface area (Å²) in [5.74, 6) is 0. The predicted molar refractivity (Wildman–Crippen MR) is 64.8 cm³/mol. The summed E-state index contributed by atoms with van der Waals surface area (Å²) in [6.45, 7) is 3.07. The zero-order valence-electron chi connectivity index (χ0n) is 9.05. The van der Waals surface area contributed by atoms with Crippen molar-refractivity contribution < 1.29 is 8.42 Å². The molecule has 0 saturated carbocycles. The molecule has 0 atom stereocenters. The number of piperidine rings is 1. The van der Waals surface area contributed by atoms with E-state index in [1.807, 2.05) is 6.07 Å². The fraction of sp³-hybridized carbons (Fsp3) is 0.600. The van der Waals surface area contributed by atoms with Gasteiger partial charge in [0.05, 0.1) is 0 Å². The normalized spacial score (nSPS) is 18.8. The zero-order valence-corrected chi connectivity index (χ0v) is 10.7. The summed E-state index contributed by atoms with van der Waals surface area (Å²) >= 11 is 1.28. The largest absolute Gasteiger partial charge is 0.298 e. The van der Waals surface area contributed by atoms with Crippen molar-refractivity contribution in [3.8, 4) is 0 Å². The quantitative estimate of drug-likeness (QED) is 0.893. The topological polar surface area (TPSA) is 63.4 Å². The van der Waals surface area contributed by atoms with Crippen molar-refractivity contribution >= 4 is 21.4 Å². The molecule has 16 heavy (non-hydrogen) atoms. The molecule has 0 radical (unpaired) electrons. The molecule has 6 heteroatoms. The minimum atomic E-state index is -3.52. The van der Waals surface area contributed by atoms with Crippen molar-refractivity contribution in [2.45, 2.75) is 30.0 Å². The van der Waals surface area contributed by atoms with Crippen molar-refractivity contribution in [2.75, 3.05) is 13.1 Å².